The van der Waals surface area contributed by atoms with Gasteiger partial charge in [0.15, 0.2) is 0 Å². The zero-order valence-electron chi connectivity index (χ0n) is 13.9. The Morgan fingerprint density at radius 2 is 1.88 bits per heavy atom. The zero-order chi connectivity index (χ0) is 16.9. The maximum Gasteiger partial charge on any atom is 0.253 e. The number of halogens is 1. The van der Waals surface area contributed by atoms with E-state index >= 15 is 0 Å². The first-order chi connectivity index (χ1) is 11.6. The molecule has 1 unspecified atom stereocenters. The molecule has 1 atom stereocenters. The molecule has 24 heavy (non-hydrogen) atoms. The molecule has 0 aliphatic carbocycles. The number of nitrogens with zero attached hydrogens (tertiary/aromatic N) is 1. The molecule has 1 saturated heterocycles. The van der Waals surface area contributed by atoms with Crippen molar-refractivity contribution in [1.29, 1.82) is 0 Å². The molecule has 126 valence electrons. The van der Waals surface area contributed by atoms with E-state index in [2.05, 4.69) is 0 Å². The quantitative estimate of drug-likeness (QED) is 0.851. The first kappa shape index (κ1) is 16.7. The van der Waals surface area contributed by atoms with Crippen LogP contribution in [0.15, 0.2) is 48.5 Å². The van der Waals surface area contributed by atoms with Crippen LogP contribution in [0.2, 0.25) is 0 Å². The van der Waals surface area contributed by atoms with Gasteiger partial charge in [0.25, 0.3) is 5.91 Å². The van der Waals surface area contributed by atoms with Gasteiger partial charge < -0.3 is 9.64 Å². The van der Waals surface area contributed by atoms with E-state index < -0.39 is 0 Å². The lowest BCUT2D eigenvalue weighted by atomic mass is 10.1. The number of amides is 1. The molecular weight excluding hydrogens is 305 g/mol. The molecule has 1 aliphatic rings. The third kappa shape index (κ3) is 4.20. The highest BCUT2D eigenvalue weighted by atomic mass is 19.1. The van der Waals surface area contributed by atoms with E-state index in [0.717, 1.165) is 36.1 Å². The lowest BCUT2D eigenvalue weighted by Gasteiger charge is -2.32. The van der Waals surface area contributed by atoms with Crippen LogP contribution >= 0.6 is 0 Å². The Bertz CT molecular complexity index is 682. The summed E-state index contributed by atoms with van der Waals surface area (Å²) in [7, 11) is 0. The summed E-state index contributed by atoms with van der Waals surface area (Å²) in [5, 5.41) is 0. The molecule has 2 aromatic carbocycles. The van der Waals surface area contributed by atoms with Crippen LogP contribution in [0.25, 0.3) is 0 Å². The van der Waals surface area contributed by atoms with Gasteiger partial charge in [0.05, 0.1) is 12.7 Å². The van der Waals surface area contributed by atoms with Crippen LogP contribution in [-0.2, 0) is 11.3 Å². The number of hydrogen-bond acceptors (Lipinski definition) is 2. The summed E-state index contributed by atoms with van der Waals surface area (Å²) in [6.45, 7) is 3.82. The number of carbonyl (C=O) groups is 1. The van der Waals surface area contributed by atoms with E-state index in [4.69, 9.17) is 4.74 Å². The van der Waals surface area contributed by atoms with E-state index in [9.17, 15) is 9.18 Å². The summed E-state index contributed by atoms with van der Waals surface area (Å²) in [5.41, 5.74) is 2.81. The summed E-state index contributed by atoms with van der Waals surface area (Å²) in [6, 6.07) is 14.0. The van der Waals surface area contributed by atoms with Crippen LogP contribution < -0.4 is 0 Å². The molecular formula is C20H22FNO2. The molecule has 0 bridgehead atoms. The van der Waals surface area contributed by atoms with Crippen molar-refractivity contribution >= 4 is 5.91 Å². The van der Waals surface area contributed by atoms with Crippen LogP contribution in [-0.4, -0.2) is 30.0 Å². The highest BCUT2D eigenvalue weighted by Gasteiger charge is 2.24. The SMILES string of the molecule is Cc1ccc(C(=O)N2CCCC(OCc3ccc(F)cc3)C2)cc1. The van der Waals surface area contributed by atoms with Gasteiger partial charge in [-0.3, -0.25) is 4.79 Å². The molecule has 1 heterocycles. The number of ether oxygens (including phenoxy) is 1. The Labute approximate surface area is 142 Å². The Morgan fingerprint density at radius 1 is 1.17 bits per heavy atom. The molecule has 0 saturated carbocycles. The fourth-order valence-corrected chi connectivity index (χ4v) is 2.93. The minimum atomic E-state index is -0.244. The molecule has 1 amide bonds. The maximum absolute atomic E-state index is 12.9. The minimum Gasteiger partial charge on any atom is -0.372 e. The standard InChI is InChI=1S/C20H22FNO2/c1-15-4-8-17(9-5-15)20(23)22-12-2-3-19(13-22)24-14-16-6-10-18(21)11-7-16/h4-11,19H,2-3,12-14H2,1H3. The number of likely N-dealkylation sites (tertiary alicyclic amines) is 1. The second-order valence-electron chi connectivity index (χ2n) is 6.32. The molecule has 0 radical (unpaired) electrons. The van der Waals surface area contributed by atoms with Gasteiger partial charge in [0, 0.05) is 18.7 Å². The molecule has 2 aromatic rings. The highest BCUT2D eigenvalue weighted by Crippen LogP contribution is 2.18. The van der Waals surface area contributed by atoms with Crippen molar-refractivity contribution in [2.75, 3.05) is 13.1 Å². The van der Waals surface area contributed by atoms with E-state index in [0.29, 0.717) is 13.2 Å². The minimum absolute atomic E-state index is 0.0261. The highest BCUT2D eigenvalue weighted by molar-refractivity contribution is 5.94. The fraction of sp³-hybridized carbons (Fsp3) is 0.350. The second-order valence-corrected chi connectivity index (χ2v) is 6.32. The predicted molar refractivity (Wildman–Crippen MR) is 91.3 cm³/mol. The maximum atomic E-state index is 12.9. The van der Waals surface area contributed by atoms with Gasteiger partial charge in [0.1, 0.15) is 5.82 Å². The summed E-state index contributed by atoms with van der Waals surface area (Å²) < 4.78 is 18.9. The van der Waals surface area contributed by atoms with Crippen molar-refractivity contribution in [3.63, 3.8) is 0 Å². The van der Waals surface area contributed by atoms with Crippen molar-refractivity contribution in [2.24, 2.45) is 0 Å². The Hall–Kier alpha value is -2.20. The monoisotopic (exact) mass is 327 g/mol. The first-order valence-electron chi connectivity index (χ1n) is 8.34. The van der Waals surface area contributed by atoms with Gasteiger partial charge in [-0.1, -0.05) is 29.8 Å². The van der Waals surface area contributed by atoms with Gasteiger partial charge in [-0.25, -0.2) is 4.39 Å². The number of aryl methyl sites for hydroxylation is 1. The second kappa shape index (κ2) is 7.58. The largest absolute Gasteiger partial charge is 0.372 e. The Morgan fingerprint density at radius 3 is 2.58 bits per heavy atom. The average molecular weight is 327 g/mol. The number of carbonyl (C=O) groups excluding carboxylic acids is 1. The Balaban J connectivity index is 1.56. The molecule has 0 N–H and O–H groups in total. The molecule has 0 aromatic heterocycles. The average Bonchev–Trinajstić information content (AvgIpc) is 2.61. The van der Waals surface area contributed by atoms with Crippen LogP contribution in [0.3, 0.4) is 0 Å². The molecule has 3 rings (SSSR count). The van der Waals surface area contributed by atoms with Crippen molar-refractivity contribution < 1.29 is 13.9 Å². The first-order valence-corrected chi connectivity index (χ1v) is 8.34. The Kier molecular flexibility index (Phi) is 5.26. The lowest BCUT2D eigenvalue weighted by molar-refractivity contribution is -0.00674. The van der Waals surface area contributed by atoms with E-state index in [1.165, 1.54) is 12.1 Å². The predicted octanol–water partition coefficient (Wildman–Crippen LogP) is 3.96. The molecule has 1 aliphatic heterocycles. The van der Waals surface area contributed by atoms with Crippen molar-refractivity contribution in [2.45, 2.75) is 32.5 Å². The van der Waals surface area contributed by atoms with E-state index in [1.807, 2.05) is 36.1 Å². The fourth-order valence-electron chi connectivity index (χ4n) is 2.93. The normalized spacial score (nSPS) is 17.8. The topological polar surface area (TPSA) is 29.5 Å². The third-order valence-electron chi connectivity index (χ3n) is 4.36. The zero-order valence-corrected chi connectivity index (χ0v) is 13.9. The number of piperidine rings is 1. The summed E-state index contributed by atoms with van der Waals surface area (Å²) in [5.74, 6) is -0.184. The van der Waals surface area contributed by atoms with Gasteiger partial charge >= 0.3 is 0 Å². The number of rotatable bonds is 4. The molecule has 4 heteroatoms. The van der Waals surface area contributed by atoms with Gasteiger partial charge in [-0.05, 0) is 49.6 Å². The van der Waals surface area contributed by atoms with Crippen LogP contribution in [0.1, 0.15) is 34.3 Å². The van der Waals surface area contributed by atoms with Crippen molar-refractivity contribution in [3.8, 4) is 0 Å². The summed E-state index contributed by atoms with van der Waals surface area (Å²) in [6.07, 6.45) is 1.91. The summed E-state index contributed by atoms with van der Waals surface area (Å²) in [4.78, 5) is 14.5. The van der Waals surface area contributed by atoms with Crippen LogP contribution in [0, 0.1) is 12.7 Å². The third-order valence-corrected chi connectivity index (χ3v) is 4.36. The van der Waals surface area contributed by atoms with E-state index in [-0.39, 0.29) is 17.8 Å². The van der Waals surface area contributed by atoms with E-state index in [1.54, 1.807) is 12.1 Å². The van der Waals surface area contributed by atoms with Gasteiger partial charge in [0.2, 0.25) is 0 Å². The van der Waals surface area contributed by atoms with Crippen LogP contribution in [0.5, 0.6) is 0 Å². The smallest absolute Gasteiger partial charge is 0.253 e. The van der Waals surface area contributed by atoms with Gasteiger partial charge in [-0.15, -0.1) is 0 Å². The number of benzene rings is 2. The van der Waals surface area contributed by atoms with Crippen LogP contribution in [0.4, 0.5) is 4.39 Å². The van der Waals surface area contributed by atoms with Crippen molar-refractivity contribution in [3.05, 3.63) is 71.0 Å². The van der Waals surface area contributed by atoms with Crippen molar-refractivity contribution in [1.82, 2.24) is 4.90 Å². The lowest BCUT2D eigenvalue weighted by Crippen LogP contribution is -2.43. The molecule has 3 nitrogen and oxygen atoms in total. The molecule has 0 spiro atoms. The van der Waals surface area contributed by atoms with Gasteiger partial charge in [-0.2, -0.15) is 0 Å². The number of hydrogen-bond donors (Lipinski definition) is 0. The summed E-state index contributed by atoms with van der Waals surface area (Å²) >= 11 is 0. The molecule has 1 fully saturated rings.